The number of rotatable bonds is 4. The third-order valence-corrected chi connectivity index (χ3v) is 2.01. The molecule has 0 atom stereocenters. The van der Waals surface area contributed by atoms with Gasteiger partial charge in [0, 0.05) is 16.4 Å². The molecule has 2 nitrogen and oxygen atoms in total. The summed E-state index contributed by atoms with van der Waals surface area (Å²) in [6.45, 7) is 7.27. The highest BCUT2D eigenvalue weighted by Crippen LogP contribution is 2.16. The standard InChI is InChI=1S/C12H13ClN2/c1-3-4-12(9(2)14)15-11-7-5-10(13)6-8-11/h3-8,15H,1-2,14H2/b12-4+. The van der Waals surface area contributed by atoms with Crippen LogP contribution in [0.1, 0.15) is 0 Å². The molecule has 0 spiro atoms. The Morgan fingerprint density at radius 3 is 2.40 bits per heavy atom. The largest absolute Gasteiger partial charge is 0.398 e. The summed E-state index contributed by atoms with van der Waals surface area (Å²) in [6, 6.07) is 7.33. The number of nitrogens with two attached hydrogens (primary N) is 1. The van der Waals surface area contributed by atoms with Crippen LogP contribution < -0.4 is 11.1 Å². The van der Waals surface area contributed by atoms with Crippen LogP contribution in [0, 0.1) is 0 Å². The van der Waals surface area contributed by atoms with Crippen LogP contribution in [0.2, 0.25) is 5.02 Å². The molecule has 78 valence electrons. The van der Waals surface area contributed by atoms with Crippen LogP contribution in [-0.2, 0) is 0 Å². The number of hydrogen-bond donors (Lipinski definition) is 2. The van der Waals surface area contributed by atoms with Gasteiger partial charge in [0.05, 0.1) is 5.70 Å². The average Bonchev–Trinajstić information content (AvgIpc) is 2.20. The van der Waals surface area contributed by atoms with Gasteiger partial charge in [0.1, 0.15) is 0 Å². The van der Waals surface area contributed by atoms with Gasteiger partial charge in [0.25, 0.3) is 0 Å². The number of nitrogens with one attached hydrogen (secondary N) is 1. The fraction of sp³-hybridized carbons (Fsp3) is 0. The maximum Gasteiger partial charge on any atom is 0.0611 e. The van der Waals surface area contributed by atoms with Gasteiger partial charge in [-0.25, -0.2) is 0 Å². The first-order valence-corrected chi connectivity index (χ1v) is 4.81. The maximum absolute atomic E-state index is 5.77. The van der Waals surface area contributed by atoms with Gasteiger partial charge >= 0.3 is 0 Å². The van der Waals surface area contributed by atoms with Crippen LogP contribution in [0.5, 0.6) is 0 Å². The second-order valence-electron chi connectivity index (χ2n) is 2.97. The molecular weight excluding hydrogens is 208 g/mol. The summed E-state index contributed by atoms with van der Waals surface area (Å²) >= 11 is 5.77. The molecule has 0 unspecified atom stereocenters. The molecule has 3 N–H and O–H groups in total. The van der Waals surface area contributed by atoms with Gasteiger partial charge in [0.2, 0.25) is 0 Å². The third kappa shape index (κ3) is 3.52. The molecule has 0 saturated carbocycles. The first-order valence-electron chi connectivity index (χ1n) is 4.43. The van der Waals surface area contributed by atoms with Crippen molar-refractivity contribution >= 4 is 17.3 Å². The zero-order valence-corrected chi connectivity index (χ0v) is 9.09. The Morgan fingerprint density at radius 1 is 1.33 bits per heavy atom. The first-order chi connectivity index (χ1) is 7.13. The molecule has 0 aliphatic rings. The fourth-order valence-electron chi connectivity index (χ4n) is 1.04. The van der Waals surface area contributed by atoms with Crippen LogP contribution in [0.3, 0.4) is 0 Å². The molecule has 0 heterocycles. The van der Waals surface area contributed by atoms with Gasteiger partial charge in [0.15, 0.2) is 0 Å². The van der Waals surface area contributed by atoms with Crippen molar-refractivity contribution in [3.05, 3.63) is 66.0 Å². The monoisotopic (exact) mass is 220 g/mol. The lowest BCUT2D eigenvalue weighted by atomic mass is 10.2. The van der Waals surface area contributed by atoms with Crippen LogP contribution in [0.25, 0.3) is 0 Å². The number of benzene rings is 1. The molecule has 1 aromatic carbocycles. The Labute approximate surface area is 94.7 Å². The van der Waals surface area contributed by atoms with Crippen molar-refractivity contribution in [1.29, 1.82) is 0 Å². The van der Waals surface area contributed by atoms with Crippen LogP contribution in [-0.4, -0.2) is 0 Å². The van der Waals surface area contributed by atoms with E-state index in [4.69, 9.17) is 17.3 Å². The summed E-state index contributed by atoms with van der Waals surface area (Å²) < 4.78 is 0. The molecule has 0 radical (unpaired) electrons. The van der Waals surface area contributed by atoms with E-state index in [1.165, 1.54) is 0 Å². The highest BCUT2D eigenvalue weighted by Gasteiger charge is 1.98. The summed E-state index contributed by atoms with van der Waals surface area (Å²) in [7, 11) is 0. The molecule has 15 heavy (non-hydrogen) atoms. The minimum atomic E-state index is 0.463. The smallest absolute Gasteiger partial charge is 0.0611 e. The third-order valence-electron chi connectivity index (χ3n) is 1.75. The van der Waals surface area contributed by atoms with E-state index in [9.17, 15) is 0 Å². The van der Waals surface area contributed by atoms with Crippen LogP contribution in [0.15, 0.2) is 61.0 Å². The van der Waals surface area contributed by atoms with E-state index in [0.29, 0.717) is 10.7 Å². The summed E-state index contributed by atoms with van der Waals surface area (Å²) in [5.74, 6) is 0. The Hall–Kier alpha value is -1.67. The minimum absolute atomic E-state index is 0.463. The van der Waals surface area contributed by atoms with Crippen molar-refractivity contribution < 1.29 is 0 Å². The highest BCUT2D eigenvalue weighted by molar-refractivity contribution is 6.30. The lowest BCUT2D eigenvalue weighted by Crippen LogP contribution is -2.07. The van der Waals surface area contributed by atoms with E-state index < -0.39 is 0 Å². The minimum Gasteiger partial charge on any atom is -0.398 e. The van der Waals surface area contributed by atoms with Crippen molar-refractivity contribution in [3.8, 4) is 0 Å². The van der Waals surface area contributed by atoms with Gasteiger partial charge in [-0.15, -0.1) is 0 Å². The van der Waals surface area contributed by atoms with Crippen LogP contribution >= 0.6 is 11.6 Å². The number of hydrogen-bond acceptors (Lipinski definition) is 2. The SMILES string of the molecule is C=C/C=C(/Nc1ccc(Cl)cc1)C(=C)N. The molecule has 3 heteroatoms. The lowest BCUT2D eigenvalue weighted by molar-refractivity contribution is 1.30. The predicted octanol–water partition coefficient (Wildman–Crippen LogP) is 3.29. The second-order valence-corrected chi connectivity index (χ2v) is 3.41. The first kappa shape index (κ1) is 11.4. The molecule has 0 amide bonds. The average molecular weight is 221 g/mol. The Kier molecular flexibility index (Phi) is 4.01. The summed E-state index contributed by atoms with van der Waals surface area (Å²) in [5.41, 5.74) is 7.70. The molecule has 0 fully saturated rings. The molecular formula is C12H13ClN2. The maximum atomic E-state index is 5.77. The number of anilines is 1. The van der Waals surface area contributed by atoms with Gasteiger partial charge < -0.3 is 11.1 Å². The van der Waals surface area contributed by atoms with Gasteiger partial charge in [-0.05, 0) is 30.3 Å². The zero-order valence-electron chi connectivity index (χ0n) is 8.33. The van der Waals surface area contributed by atoms with Crippen molar-refractivity contribution in [1.82, 2.24) is 0 Å². The summed E-state index contributed by atoms with van der Waals surface area (Å²) in [6.07, 6.45) is 3.41. The fourth-order valence-corrected chi connectivity index (χ4v) is 1.16. The number of allylic oxidation sites excluding steroid dienone is 2. The van der Waals surface area contributed by atoms with Gasteiger partial charge in [-0.3, -0.25) is 0 Å². The normalized spacial score (nSPS) is 10.9. The van der Waals surface area contributed by atoms with E-state index in [1.807, 2.05) is 12.1 Å². The summed E-state index contributed by atoms with van der Waals surface area (Å²) in [4.78, 5) is 0. The van der Waals surface area contributed by atoms with E-state index in [-0.39, 0.29) is 0 Å². The summed E-state index contributed by atoms with van der Waals surface area (Å²) in [5, 5.41) is 3.81. The van der Waals surface area contributed by atoms with E-state index in [0.717, 1.165) is 11.4 Å². The highest BCUT2D eigenvalue weighted by atomic mass is 35.5. The van der Waals surface area contributed by atoms with E-state index in [2.05, 4.69) is 18.5 Å². The van der Waals surface area contributed by atoms with Crippen LogP contribution in [0.4, 0.5) is 5.69 Å². The zero-order chi connectivity index (χ0) is 11.3. The van der Waals surface area contributed by atoms with Gasteiger partial charge in [-0.2, -0.15) is 0 Å². The Morgan fingerprint density at radius 2 is 1.93 bits per heavy atom. The topological polar surface area (TPSA) is 38.0 Å². The quantitative estimate of drug-likeness (QED) is 0.765. The molecule has 0 aliphatic carbocycles. The Balaban J connectivity index is 2.83. The molecule has 1 aromatic rings. The van der Waals surface area contributed by atoms with Crippen molar-refractivity contribution in [3.63, 3.8) is 0 Å². The van der Waals surface area contributed by atoms with E-state index in [1.54, 1.807) is 24.3 Å². The van der Waals surface area contributed by atoms with E-state index >= 15 is 0 Å². The van der Waals surface area contributed by atoms with Gasteiger partial charge in [-0.1, -0.05) is 30.8 Å². The molecule has 0 bridgehead atoms. The lowest BCUT2D eigenvalue weighted by Gasteiger charge is -2.09. The number of halogens is 1. The molecule has 0 saturated heterocycles. The molecule has 0 aromatic heterocycles. The van der Waals surface area contributed by atoms with Crippen molar-refractivity contribution in [2.45, 2.75) is 0 Å². The van der Waals surface area contributed by atoms with Crippen molar-refractivity contribution in [2.75, 3.05) is 5.32 Å². The second kappa shape index (κ2) is 5.27. The predicted molar refractivity (Wildman–Crippen MR) is 66.7 cm³/mol. The van der Waals surface area contributed by atoms with Crippen molar-refractivity contribution in [2.24, 2.45) is 5.73 Å². The molecule has 0 aliphatic heterocycles. The molecule has 1 rings (SSSR count). The Bertz CT molecular complexity index is 391.